The van der Waals surface area contributed by atoms with Gasteiger partial charge in [0.15, 0.2) is 0 Å². The Morgan fingerprint density at radius 2 is 1.82 bits per heavy atom. The van der Waals surface area contributed by atoms with Gasteiger partial charge in [0, 0.05) is 30.2 Å². The average Bonchev–Trinajstić information content (AvgIpc) is 2.80. The highest BCUT2D eigenvalue weighted by Crippen LogP contribution is 2.17. The highest BCUT2D eigenvalue weighted by Gasteiger charge is 2.24. The molecule has 1 atom stereocenters. The quantitative estimate of drug-likeness (QED) is 0.455. The molecular weight excluding hydrogens is 448 g/mol. The van der Waals surface area contributed by atoms with Crippen molar-refractivity contribution in [1.82, 2.24) is 15.2 Å². The first-order valence-corrected chi connectivity index (χ1v) is 10.5. The maximum absolute atomic E-state index is 12.5. The number of carbonyl (C=O) groups excluding carboxylic acids is 2. The fourth-order valence-electron chi connectivity index (χ4n) is 3.08. The lowest BCUT2D eigenvalue weighted by atomic mass is 10.2. The lowest BCUT2D eigenvalue weighted by Crippen LogP contribution is -2.46. The Balaban J connectivity index is 1.57. The molecule has 0 unspecified atom stereocenters. The molecule has 9 nitrogen and oxygen atoms in total. The van der Waals surface area contributed by atoms with Gasteiger partial charge in [-0.25, -0.2) is 14.6 Å². The number of anilines is 1. The van der Waals surface area contributed by atoms with E-state index in [4.69, 9.17) is 16.3 Å². The summed E-state index contributed by atoms with van der Waals surface area (Å²) in [4.78, 5) is 41.4. The molecule has 172 valence electrons. The van der Waals surface area contributed by atoms with Gasteiger partial charge < -0.3 is 20.1 Å². The number of hydrogen-bond donors (Lipinski definition) is 3. The van der Waals surface area contributed by atoms with Crippen LogP contribution >= 0.6 is 11.6 Å². The number of fused-ring (bicyclic) bond motifs is 1. The normalized spacial score (nSPS) is 11.5. The van der Waals surface area contributed by atoms with Crippen LogP contribution < -0.4 is 10.6 Å². The topological polar surface area (TPSA) is 121 Å². The Bertz CT molecular complexity index is 1160. The van der Waals surface area contributed by atoms with Crippen molar-refractivity contribution in [3.8, 4) is 0 Å². The zero-order chi connectivity index (χ0) is 23.8. The minimum Gasteiger partial charge on any atom is -0.481 e. The lowest BCUT2D eigenvalue weighted by molar-refractivity contribution is -0.138. The summed E-state index contributed by atoms with van der Waals surface area (Å²) in [5, 5.41) is 16.7. The fourth-order valence-corrected chi connectivity index (χ4v) is 3.28. The molecule has 0 saturated heterocycles. The number of rotatable bonds is 8. The van der Waals surface area contributed by atoms with Gasteiger partial charge >= 0.3 is 18.1 Å². The number of ether oxygens (including phenoxy) is 1. The number of aliphatic carboxylic acids is 1. The van der Waals surface area contributed by atoms with Crippen molar-refractivity contribution in [3.05, 3.63) is 71.4 Å². The molecule has 10 heteroatoms. The molecule has 0 aliphatic heterocycles. The molecule has 3 amide bonds. The predicted octanol–water partition coefficient (Wildman–Crippen LogP) is 4.12. The van der Waals surface area contributed by atoms with E-state index in [0.29, 0.717) is 16.4 Å². The van der Waals surface area contributed by atoms with Crippen molar-refractivity contribution in [2.45, 2.75) is 19.0 Å². The first kappa shape index (κ1) is 23.8. The summed E-state index contributed by atoms with van der Waals surface area (Å²) < 4.78 is 5.18. The summed E-state index contributed by atoms with van der Waals surface area (Å²) in [7, 11) is 1.43. The molecule has 0 radical (unpaired) electrons. The van der Waals surface area contributed by atoms with Crippen LogP contribution in [0.25, 0.3) is 10.8 Å². The fraction of sp³-hybridized carbons (Fsp3) is 0.217. The highest BCUT2D eigenvalue weighted by molar-refractivity contribution is 6.31. The molecule has 2 aromatic carbocycles. The smallest absolute Gasteiger partial charge is 0.412 e. The zero-order valence-electron chi connectivity index (χ0n) is 17.8. The van der Waals surface area contributed by atoms with E-state index in [1.165, 1.54) is 11.9 Å². The first-order valence-electron chi connectivity index (χ1n) is 10.1. The third-order valence-electron chi connectivity index (χ3n) is 4.93. The number of aromatic nitrogens is 1. The molecule has 33 heavy (non-hydrogen) atoms. The van der Waals surface area contributed by atoms with Crippen LogP contribution in [0, 0.1) is 0 Å². The van der Waals surface area contributed by atoms with Crippen LogP contribution in [0.2, 0.25) is 5.02 Å². The Labute approximate surface area is 195 Å². The van der Waals surface area contributed by atoms with Crippen molar-refractivity contribution in [2.24, 2.45) is 0 Å². The Morgan fingerprint density at radius 1 is 1.12 bits per heavy atom. The minimum absolute atomic E-state index is 0.164. The Hall–Kier alpha value is -3.85. The number of nitrogens with one attached hydrogen (secondary N) is 2. The Kier molecular flexibility index (Phi) is 8.04. The van der Waals surface area contributed by atoms with Crippen LogP contribution in [0.15, 0.2) is 60.8 Å². The van der Waals surface area contributed by atoms with Crippen LogP contribution in [-0.2, 0) is 16.1 Å². The van der Waals surface area contributed by atoms with Gasteiger partial charge in [-0.2, -0.15) is 0 Å². The number of carboxylic acid groups (broad SMARTS) is 1. The van der Waals surface area contributed by atoms with E-state index < -0.39 is 30.6 Å². The minimum atomic E-state index is -1.13. The zero-order valence-corrected chi connectivity index (χ0v) is 18.6. The molecule has 1 heterocycles. The molecule has 3 aromatic rings. The second-order valence-corrected chi connectivity index (χ2v) is 7.66. The predicted molar refractivity (Wildman–Crippen MR) is 124 cm³/mol. The molecule has 0 bridgehead atoms. The van der Waals surface area contributed by atoms with Crippen LogP contribution in [0.4, 0.5) is 15.4 Å². The number of hydrogen-bond acceptors (Lipinski definition) is 5. The summed E-state index contributed by atoms with van der Waals surface area (Å²) >= 11 is 6.09. The number of carboxylic acids is 1. The third-order valence-corrected chi connectivity index (χ3v) is 5.30. The van der Waals surface area contributed by atoms with Gasteiger partial charge in [-0.3, -0.25) is 10.1 Å². The van der Waals surface area contributed by atoms with E-state index in [9.17, 15) is 19.5 Å². The molecule has 3 rings (SSSR count). The van der Waals surface area contributed by atoms with Crippen LogP contribution in [-0.4, -0.2) is 52.8 Å². The second-order valence-electron chi connectivity index (χ2n) is 7.25. The van der Waals surface area contributed by atoms with Crippen LogP contribution in [0.5, 0.6) is 0 Å². The lowest BCUT2D eigenvalue weighted by Gasteiger charge is -2.27. The van der Waals surface area contributed by atoms with E-state index in [0.717, 1.165) is 10.8 Å². The number of urea groups is 1. The van der Waals surface area contributed by atoms with Crippen LogP contribution in [0.1, 0.15) is 12.0 Å². The van der Waals surface area contributed by atoms with E-state index >= 15 is 0 Å². The van der Waals surface area contributed by atoms with E-state index in [-0.39, 0.29) is 13.2 Å². The largest absolute Gasteiger partial charge is 0.481 e. The standard InChI is InChI=1S/C23H23ClN4O5/c1-28(22(31)26-13-17-8-4-5-9-19(17)24)18(11-21(29)30)14-33-23(32)27-20-10-15-6-2-3-7-16(15)12-25-20/h2-10,12,18H,11,13-14H2,1H3,(H,26,31)(H,29,30)(H,25,27,32)/t18-/m0/s1. The SMILES string of the molecule is CN(C(=O)NCc1ccccc1Cl)[C@H](COC(=O)Nc1cc2ccccc2cn1)CC(=O)O. The Morgan fingerprint density at radius 3 is 2.55 bits per heavy atom. The van der Waals surface area contributed by atoms with Gasteiger partial charge in [-0.05, 0) is 23.1 Å². The van der Waals surface area contributed by atoms with E-state index in [1.54, 1.807) is 36.5 Å². The van der Waals surface area contributed by atoms with Crippen molar-refractivity contribution >= 4 is 46.3 Å². The van der Waals surface area contributed by atoms with Gasteiger partial charge in [-0.1, -0.05) is 54.1 Å². The summed E-state index contributed by atoms with van der Waals surface area (Å²) in [6.07, 6.45) is 0.408. The van der Waals surface area contributed by atoms with Crippen molar-refractivity contribution in [1.29, 1.82) is 0 Å². The number of benzene rings is 2. The number of amides is 3. The summed E-state index contributed by atoms with van der Waals surface area (Å²) in [5.74, 6) is -0.842. The summed E-state index contributed by atoms with van der Waals surface area (Å²) in [6, 6.07) is 14.9. The molecular formula is C23H23ClN4O5. The number of halogens is 1. The van der Waals surface area contributed by atoms with Gasteiger partial charge in [-0.15, -0.1) is 0 Å². The number of pyridine rings is 1. The van der Waals surface area contributed by atoms with Crippen molar-refractivity contribution in [3.63, 3.8) is 0 Å². The van der Waals surface area contributed by atoms with Gasteiger partial charge in [0.25, 0.3) is 0 Å². The van der Waals surface area contributed by atoms with E-state index in [2.05, 4.69) is 15.6 Å². The third kappa shape index (κ3) is 6.81. The van der Waals surface area contributed by atoms with Crippen molar-refractivity contribution in [2.75, 3.05) is 19.0 Å². The van der Waals surface area contributed by atoms with Gasteiger partial charge in [0.1, 0.15) is 12.4 Å². The van der Waals surface area contributed by atoms with Crippen molar-refractivity contribution < 1.29 is 24.2 Å². The number of carbonyl (C=O) groups is 3. The average molecular weight is 471 g/mol. The monoisotopic (exact) mass is 470 g/mol. The number of nitrogens with zero attached hydrogens (tertiary/aromatic N) is 2. The van der Waals surface area contributed by atoms with Gasteiger partial charge in [0.05, 0.1) is 12.5 Å². The van der Waals surface area contributed by atoms with E-state index in [1.807, 2.05) is 24.3 Å². The molecule has 0 spiro atoms. The number of likely N-dealkylation sites (N-methyl/N-ethyl adjacent to an activating group) is 1. The van der Waals surface area contributed by atoms with Crippen LogP contribution in [0.3, 0.4) is 0 Å². The molecule has 0 aliphatic rings. The maximum atomic E-state index is 12.5. The summed E-state index contributed by atoms with van der Waals surface area (Å²) in [6.45, 7) is -0.153. The molecule has 0 saturated carbocycles. The molecule has 3 N–H and O–H groups in total. The second kappa shape index (κ2) is 11.1. The first-order chi connectivity index (χ1) is 15.8. The highest BCUT2D eigenvalue weighted by atomic mass is 35.5. The maximum Gasteiger partial charge on any atom is 0.412 e. The molecule has 0 aliphatic carbocycles. The summed E-state index contributed by atoms with van der Waals surface area (Å²) in [5.41, 5.74) is 0.717. The molecule has 0 fully saturated rings. The molecule has 1 aromatic heterocycles. The van der Waals surface area contributed by atoms with Gasteiger partial charge in [0.2, 0.25) is 0 Å².